The van der Waals surface area contributed by atoms with Gasteiger partial charge in [0.25, 0.3) is 0 Å². The summed E-state index contributed by atoms with van der Waals surface area (Å²) in [6.45, 7) is 6.52. The van der Waals surface area contributed by atoms with Gasteiger partial charge >= 0.3 is 0 Å². The van der Waals surface area contributed by atoms with Crippen molar-refractivity contribution in [3.8, 4) is 0 Å². The maximum Gasteiger partial charge on any atom is 0.0297 e. The Bertz CT molecular complexity index is 988. The van der Waals surface area contributed by atoms with Crippen molar-refractivity contribution >= 4 is 21.5 Å². The highest BCUT2D eigenvalue weighted by Crippen LogP contribution is 2.25. The molecule has 2 heteroatoms. The normalized spacial score (nSPS) is 13.6. The molecule has 0 radical (unpaired) electrons. The van der Waals surface area contributed by atoms with E-state index in [1.54, 1.807) is 0 Å². The van der Waals surface area contributed by atoms with Crippen molar-refractivity contribution in [2.45, 2.75) is 32.4 Å². The largest absolute Gasteiger partial charge is 0.310 e. The Labute approximate surface area is 174 Å². The van der Waals surface area contributed by atoms with Crippen molar-refractivity contribution in [1.82, 2.24) is 10.6 Å². The third-order valence-electron chi connectivity index (χ3n) is 5.83. The van der Waals surface area contributed by atoms with E-state index < -0.39 is 0 Å². The van der Waals surface area contributed by atoms with Gasteiger partial charge in [-0.1, -0.05) is 84.9 Å². The summed E-state index contributed by atoms with van der Waals surface area (Å²) in [5.41, 5.74) is 2.75. The molecule has 0 aliphatic carbocycles. The molecule has 0 aliphatic rings. The molecular formula is C27H30N2. The first-order valence-corrected chi connectivity index (χ1v) is 10.7. The lowest BCUT2D eigenvalue weighted by molar-refractivity contribution is 0.513. The van der Waals surface area contributed by atoms with E-state index in [-0.39, 0.29) is 0 Å². The van der Waals surface area contributed by atoms with Crippen LogP contribution in [0.25, 0.3) is 21.5 Å². The van der Waals surface area contributed by atoms with Crippen LogP contribution in [0.4, 0.5) is 0 Å². The number of fused-ring (bicyclic) bond motifs is 2. The Balaban J connectivity index is 1.29. The van der Waals surface area contributed by atoms with Crippen LogP contribution in [-0.2, 0) is 0 Å². The smallest absolute Gasteiger partial charge is 0.0297 e. The monoisotopic (exact) mass is 382 g/mol. The standard InChI is InChI=1S/C27H30N2/c1-20(24-16-7-12-22-10-3-5-14-26(22)24)28-18-9-19-29-21(2)25-17-8-13-23-11-4-6-15-27(23)25/h3-8,10-17,20-21,28-29H,9,18-19H2,1-2H3/t20-,21-/m0/s1. The molecule has 0 aromatic heterocycles. The predicted molar refractivity (Wildman–Crippen MR) is 125 cm³/mol. The zero-order chi connectivity index (χ0) is 20.1. The van der Waals surface area contributed by atoms with Gasteiger partial charge < -0.3 is 10.6 Å². The molecule has 2 atom stereocenters. The third kappa shape index (κ3) is 4.50. The molecule has 0 saturated carbocycles. The van der Waals surface area contributed by atoms with Gasteiger partial charge in [0.15, 0.2) is 0 Å². The maximum absolute atomic E-state index is 3.69. The lowest BCUT2D eigenvalue weighted by Gasteiger charge is -2.19. The van der Waals surface area contributed by atoms with Crippen molar-refractivity contribution in [2.75, 3.05) is 13.1 Å². The SMILES string of the molecule is C[C@H](NCCCN[C@@H](C)c1cccc2ccccc12)c1cccc2ccccc12. The Hall–Kier alpha value is -2.68. The lowest BCUT2D eigenvalue weighted by atomic mass is 9.99. The van der Waals surface area contributed by atoms with E-state index in [0.717, 1.165) is 19.5 Å². The van der Waals surface area contributed by atoms with Crippen LogP contribution in [0, 0.1) is 0 Å². The van der Waals surface area contributed by atoms with E-state index in [9.17, 15) is 0 Å². The molecule has 0 unspecified atom stereocenters. The van der Waals surface area contributed by atoms with Gasteiger partial charge in [-0.2, -0.15) is 0 Å². The Morgan fingerprint density at radius 3 is 1.45 bits per heavy atom. The minimum atomic E-state index is 0.344. The topological polar surface area (TPSA) is 24.1 Å². The number of nitrogens with one attached hydrogen (secondary N) is 2. The summed E-state index contributed by atoms with van der Waals surface area (Å²) in [6.07, 6.45) is 1.10. The van der Waals surface area contributed by atoms with Crippen LogP contribution in [0.2, 0.25) is 0 Å². The highest BCUT2D eigenvalue weighted by molar-refractivity contribution is 5.86. The van der Waals surface area contributed by atoms with Gasteiger partial charge in [0.2, 0.25) is 0 Å². The molecule has 0 aliphatic heterocycles. The highest BCUT2D eigenvalue weighted by atomic mass is 14.9. The van der Waals surface area contributed by atoms with Crippen molar-refractivity contribution in [3.63, 3.8) is 0 Å². The first-order valence-electron chi connectivity index (χ1n) is 10.7. The number of hydrogen-bond donors (Lipinski definition) is 2. The zero-order valence-corrected chi connectivity index (χ0v) is 17.4. The van der Waals surface area contributed by atoms with E-state index >= 15 is 0 Å². The summed E-state index contributed by atoms with van der Waals surface area (Å²) in [5, 5.41) is 12.7. The highest BCUT2D eigenvalue weighted by Gasteiger charge is 2.10. The fourth-order valence-electron chi connectivity index (χ4n) is 4.20. The van der Waals surface area contributed by atoms with Crippen LogP contribution in [0.15, 0.2) is 84.9 Å². The average molecular weight is 383 g/mol. The predicted octanol–water partition coefficient (Wildman–Crippen LogP) is 6.38. The van der Waals surface area contributed by atoms with Crippen LogP contribution in [0.3, 0.4) is 0 Å². The van der Waals surface area contributed by atoms with Crippen LogP contribution < -0.4 is 10.6 Å². The average Bonchev–Trinajstić information content (AvgIpc) is 2.77. The first kappa shape index (κ1) is 19.6. The van der Waals surface area contributed by atoms with Crippen molar-refractivity contribution in [2.24, 2.45) is 0 Å². The second kappa shape index (κ2) is 9.21. The van der Waals surface area contributed by atoms with Gasteiger partial charge in [0.05, 0.1) is 0 Å². The van der Waals surface area contributed by atoms with Crippen LogP contribution in [-0.4, -0.2) is 13.1 Å². The molecule has 0 saturated heterocycles. The Morgan fingerprint density at radius 2 is 0.966 bits per heavy atom. The molecule has 0 heterocycles. The summed E-state index contributed by atoms with van der Waals surface area (Å²) in [4.78, 5) is 0. The fourth-order valence-corrected chi connectivity index (χ4v) is 4.20. The molecule has 4 aromatic rings. The second-order valence-electron chi connectivity index (χ2n) is 7.84. The van der Waals surface area contributed by atoms with E-state index in [0.29, 0.717) is 12.1 Å². The summed E-state index contributed by atoms with van der Waals surface area (Å²) in [6, 6.07) is 31.1. The minimum Gasteiger partial charge on any atom is -0.310 e. The molecule has 4 rings (SSSR count). The number of hydrogen-bond acceptors (Lipinski definition) is 2. The molecule has 2 N–H and O–H groups in total. The van der Waals surface area contributed by atoms with E-state index in [2.05, 4.69) is 109 Å². The molecule has 4 aromatic carbocycles. The maximum atomic E-state index is 3.69. The zero-order valence-electron chi connectivity index (χ0n) is 17.4. The third-order valence-corrected chi connectivity index (χ3v) is 5.83. The summed E-state index contributed by atoms with van der Waals surface area (Å²) < 4.78 is 0. The van der Waals surface area contributed by atoms with Crippen molar-refractivity contribution < 1.29 is 0 Å². The Morgan fingerprint density at radius 1 is 0.552 bits per heavy atom. The van der Waals surface area contributed by atoms with Crippen LogP contribution in [0.1, 0.15) is 43.5 Å². The lowest BCUT2D eigenvalue weighted by Crippen LogP contribution is -2.26. The fraction of sp³-hybridized carbons (Fsp3) is 0.259. The van der Waals surface area contributed by atoms with E-state index in [1.165, 1.54) is 32.7 Å². The van der Waals surface area contributed by atoms with E-state index in [1.807, 2.05) is 0 Å². The van der Waals surface area contributed by atoms with Gasteiger partial charge in [-0.25, -0.2) is 0 Å². The quantitative estimate of drug-likeness (QED) is 0.345. The number of benzene rings is 4. The summed E-state index contributed by atoms with van der Waals surface area (Å²) in [7, 11) is 0. The first-order chi connectivity index (χ1) is 14.2. The van der Waals surface area contributed by atoms with Gasteiger partial charge in [-0.15, -0.1) is 0 Å². The van der Waals surface area contributed by atoms with Crippen molar-refractivity contribution in [1.29, 1.82) is 0 Å². The molecule has 0 spiro atoms. The summed E-state index contributed by atoms with van der Waals surface area (Å²) >= 11 is 0. The molecule has 0 fully saturated rings. The minimum absolute atomic E-state index is 0.344. The molecule has 0 bridgehead atoms. The van der Waals surface area contributed by atoms with Gasteiger partial charge in [-0.05, 0) is 66.0 Å². The van der Waals surface area contributed by atoms with Crippen LogP contribution >= 0.6 is 0 Å². The van der Waals surface area contributed by atoms with E-state index in [4.69, 9.17) is 0 Å². The van der Waals surface area contributed by atoms with Crippen molar-refractivity contribution in [3.05, 3.63) is 96.1 Å². The second-order valence-corrected chi connectivity index (χ2v) is 7.84. The molecule has 29 heavy (non-hydrogen) atoms. The molecular weight excluding hydrogens is 352 g/mol. The van der Waals surface area contributed by atoms with Gasteiger partial charge in [-0.3, -0.25) is 0 Å². The summed E-state index contributed by atoms with van der Waals surface area (Å²) in [5.74, 6) is 0. The molecule has 148 valence electrons. The van der Waals surface area contributed by atoms with Gasteiger partial charge in [0, 0.05) is 12.1 Å². The number of rotatable bonds is 8. The Kier molecular flexibility index (Phi) is 6.24. The van der Waals surface area contributed by atoms with Crippen LogP contribution in [0.5, 0.6) is 0 Å². The molecule has 0 amide bonds. The molecule has 2 nitrogen and oxygen atoms in total. The van der Waals surface area contributed by atoms with Gasteiger partial charge in [0.1, 0.15) is 0 Å².